The fourth-order valence-corrected chi connectivity index (χ4v) is 3.90. The van der Waals surface area contributed by atoms with Gasteiger partial charge < -0.3 is 5.32 Å². The molecular weight excluding hydrogens is 254 g/mol. The smallest absolute Gasteiger partial charge is 0.0408 e. The average Bonchev–Trinajstić information content (AvgIpc) is 2.63. The molecule has 0 bridgehead atoms. The third-order valence-electron chi connectivity index (χ3n) is 4.90. The van der Waals surface area contributed by atoms with Gasteiger partial charge in [0.25, 0.3) is 0 Å². The van der Waals surface area contributed by atoms with Crippen LogP contribution < -0.4 is 5.32 Å². The van der Waals surface area contributed by atoms with Crippen molar-refractivity contribution in [3.8, 4) is 0 Å². The van der Waals surface area contributed by atoms with Crippen molar-refractivity contribution in [2.24, 2.45) is 5.41 Å². The van der Waals surface area contributed by atoms with E-state index >= 15 is 0 Å². The zero-order chi connectivity index (χ0) is 13.5. The quantitative estimate of drug-likeness (QED) is 0.840. The predicted octanol–water partition coefficient (Wildman–Crippen LogP) is 4.75. The SMILES string of the molecule is CC1(C)CCC(NC2CC(c3cccc(Cl)c3)C2)C1. The molecule has 1 N–H and O–H groups in total. The number of hydrogen-bond donors (Lipinski definition) is 1. The van der Waals surface area contributed by atoms with Gasteiger partial charge >= 0.3 is 0 Å². The van der Waals surface area contributed by atoms with Crippen molar-refractivity contribution in [3.05, 3.63) is 34.9 Å². The van der Waals surface area contributed by atoms with Crippen LogP contribution in [0.15, 0.2) is 24.3 Å². The zero-order valence-electron chi connectivity index (χ0n) is 12.0. The first-order chi connectivity index (χ1) is 9.02. The van der Waals surface area contributed by atoms with Crippen molar-refractivity contribution in [2.75, 3.05) is 0 Å². The minimum absolute atomic E-state index is 0.549. The molecule has 2 aliphatic rings. The Morgan fingerprint density at radius 1 is 1.21 bits per heavy atom. The highest BCUT2D eigenvalue weighted by Crippen LogP contribution is 2.41. The summed E-state index contributed by atoms with van der Waals surface area (Å²) in [6.45, 7) is 4.79. The maximum atomic E-state index is 6.06. The zero-order valence-corrected chi connectivity index (χ0v) is 12.7. The molecule has 104 valence electrons. The van der Waals surface area contributed by atoms with Crippen molar-refractivity contribution in [1.82, 2.24) is 5.32 Å². The van der Waals surface area contributed by atoms with E-state index in [1.54, 1.807) is 0 Å². The predicted molar refractivity (Wildman–Crippen MR) is 81.8 cm³/mol. The van der Waals surface area contributed by atoms with E-state index in [2.05, 4.69) is 37.4 Å². The van der Waals surface area contributed by atoms with Crippen LogP contribution in [0.4, 0.5) is 0 Å². The summed E-state index contributed by atoms with van der Waals surface area (Å²) in [5.74, 6) is 0.714. The lowest BCUT2D eigenvalue weighted by Gasteiger charge is -2.38. The van der Waals surface area contributed by atoms with Crippen LogP contribution in [0.5, 0.6) is 0 Å². The first-order valence-corrected chi connectivity index (χ1v) is 7.91. The Balaban J connectivity index is 1.48. The van der Waals surface area contributed by atoms with Crippen LogP contribution in [-0.4, -0.2) is 12.1 Å². The molecule has 0 amide bonds. The van der Waals surface area contributed by atoms with Crippen molar-refractivity contribution in [2.45, 2.75) is 64.0 Å². The number of halogens is 1. The summed E-state index contributed by atoms with van der Waals surface area (Å²) in [6, 6.07) is 9.84. The summed E-state index contributed by atoms with van der Waals surface area (Å²) in [7, 11) is 0. The van der Waals surface area contributed by atoms with Crippen LogP contribution in [0.25, 0.3) is 0 Å². The number of nitrogens with one attached hydrogen (secondary N) is 1. The Morgan fingerprint density at radius 2 is 2.00 bits per heavy atom. The average molecular weight is 278 g/mol. The van der Waals surface area contributed by atoms with E-state index in [4.69, 9.17) is 11.6 Å². The van der Waals surface area contributed by atoms with Gasteiger partial charge in [0.15, 0.2) is 0 Å². The molecule has 0 radical (unpaired) electrons. The van der Waals surface area contributed by atoms with Crippen LogP contribution >= 0.6 is 11.6 Å². The lowest BCUT2D eigenvalue weighted by Crippen LogP contribution is -2.44. The molecular formula is C17H24ClN. The van der Waals surface area contributed by atoms with Gasteiger partial charge in [-0.05, 0) is 61.1 Å². The van der Waals surface area contributed by atoms with E-state index in [1.807, 2.05) is 6.07 Å². The van der Waals surface area contributed by atoms with Gasteiger partial charge in [-0.3, -0.25) is 0 Å². The number of benzene rings is 1. The monoisotopic (exact) mass is 277 g/mol. The second-order valence-electron chi connectivity index (χ2n) is 7.19. The minimum atomic E-state index is 0.549. The topological polar surface area (TPSA) is 12.0 Å². The summed E-state index contributed by atoms with van der Waals surface area (Å²) in [6.07, 6.45) is 6.61. The maximum Gasteiger partial charge on any atom is 0.0408 e. The Labute approximate surface area is 121 Å². The van der Waals surface area contributed by atoms with Gasteiger partial charge in [0.1, 0.15) is 0 Å². The van der Waals surface area contributed by atoms with Gasteiger partial charge in [-0.2, -0.15) is 0 Å². The van der Waals surface area contributed by atoms with Gasteiger partial charge in [-0.15, -0.1) is 0 Å². The number of hydrogen-bond acceptors (Lipinski definition) is 1. The van der Waals surface area contributed by atoms with Gasteiger partial charge in [0.05, 0.1) is 0 Å². The molecule has 0 aromatic heterocycles. The molecule has 1 nitrogen and oxygen atoms in total. The summed E-state index contributed by atoms with van der Waals surface area (Å²) in [5.41, 5.74) is 1.96. The molecule has 1 aromatic rings. The molecule has 2 aliphatic carbocycles. The summed E-state index contributed by atoms with van der Waals surface area (Å²) < 4.78 is 0. The molecule has 3 rings (SSSR count). The van der Waals surface area contributed by atoms with Gasteiger partial charge in [-0.1, -0.05) is 37.6 Å². The molecule has 1 unspecified atom stereocenters. The molecule has 1 atom stereocenters. The standard InChI is InChI=1S/C17H24ClN/c1-17(2)7-6-15(11-17)19-16-9-13(10-16)12-4-3-5-14(18)8-12/h3-5,8,13,15-16,19H,6-7,9-11H2,1-2H3. The van der Waals surface area contributed by atoms with E-state index < -0.39 is 0 Å². The van der Waals surface area contributed by atoms with Crippen molar-refractivity contribution in [3.63, 3.8) is 0 Å². The van der Waals surface area contributed by atoms with Crippen LogP contribution in [0, 0.1) is 5.41 Å². The molecule has 0 heterocycles. The van der Waals surface area contributed by atoms with E-state index in [0.717, 1.165) is 17.1 Å². The summed E-state index contributed by atoms with van der Waals surface area (Å²) in [5, 5.41) is 4.72. The Kier molecular flexibility index (Phi) is 3.61. The van der Waals surface area contributed by atoms with Crippen molar-refractivity contribution >= 4 is 11.6 Å². The third kappa shape index (κ3) is 3.14. The highest BCUT2D eigenvalue weighted by molar-refractivity contribution is 6.30. The molecule has 2 heteroatoms. The largest absolute Gasteiger partial charge is 0.311 e. The summed E-state index contributed by atoms with van der Waals surface area (Å²) in [4.78, 5) is 0. The van der Waals surface area contributed by atoms with E-state index in [0.29, 0.717) is 11.3 Å². The highest BCUT2D eigenvalue weighted by atomic mass is 35.5. The van der Waals surface area contributed by atoms with E-state index in [9.17, 15) is 0 Å². The summed E-state index contributed by atoms with van der Waals surface area (Å²) >= 11 is 6.06. The van der Waals surface area contributed by atoms with Crippen molar-refractivity contribution < 1.29 is 0 Å². The van der Waals surface area contributed by atoms with Crippen LogP contribution in [-0.2, 0) is 0 Å². The molecule has 2 saturated carbocycles. The van der Waals surface area contributed by atoms with Gasteiger partial charge in [0.2, 0.25) is 0 Å². The first kappa shape index (κ1) is 13.5. The fraction of sp³-hybridized carbons (Fsp3) is 0.647. The Bertz CT molecular complexity index is 448. The minimum Gasteiger partial charge on any atom is -0.311 e. The third-order valence-corrected chi connectivity index (χ3v) is 5.13. The van der Waals surface area contributed by atoms with Crippen molar-refractivity contribution in [1.29, 1.82) is 0 Å². The molecule has 0 aliphatic heterocycles. The molecule has 0 spiro atoms. The van der Waals surface area contributed by atoms with Crippen LogP contribution in [0.2, 0.25) is 5.02 Å². The maximum absolute atomic E-state index is 6.06. The van der Waals surface area contributed by atoms with E-state index in [1.165, 1.54) is 37.7 Å². The Morgan fingerprint density at radius 3 is 2.63 bits per heavy atom. The molecule has 2 fully saturated rings. The Hall–Kier alpha value is -0.530. The fourth-order valence-electron chi connectivity index (χ4n) is 3.70. The first-order valence-electron chi connectivity index (χ1n) is 7.53. The van der Waals surface area contributed by atoms with Gasteiger partial charge in [0, 0.05) is 17.1 Å². The second-order valence-corrected chi connectivity index (χ2v) is 7.63. The normalized spacial score (nSPS) is 33.1. The molecule has 1 aromatic carbocycles. The second kappa shape index (κ2) is 5.10. The number of rotatable bonds is 3. The van der Waals surface area contributed by atoms with Gasteiger partial charge in [-0.25, -0.2) is 0 Å². The highest BCUT2D eigenvalue weighted by Gasteiger charge is 2.36. The van der Waals surface area contributed by atoms with Crippen LogP contribution in [0.3, 0.4) is 0 Å². The molecule has 0 saturated heterocycles. The van der Waals surface area contributed by atoms with E-state index in [-0.39, 0.29) is 0 Å². The lowest BCUT2D eigenvalue weighted by molar-refractivity contribution is 0.256. The molecule has 19 heavy (non-hydrogen) atoms. The van der Waals surface area contributed by atoms with Crippen LogP contribution in [0.1, 0.15) is 57.4 Å². The lowest BCUT2D eigenvalue weighted by atomic mass is 9.75.